The summed E-state index contributed by atoms with van der Waals surface area (Å²) in [6.07, 6.45) is -2.04. The number of piperidine rings is 1. The molecule has 3 saturated heterocycles. The van der Waals surface area contributed by atoms with E-state index in [0.29, 0.717) is 12.2 Å². The number of carbonyl (C=O) groups excluding carboxylic acids is 2. The number of fused-ring (bicyclic) bond motifs is 3. The molecule has 3 N–H and O–H groups in total. The fourth-order valence-electron chi connectivity index (χ4n) is 7.01. The molecule has 9 heteroatoms. The molecule has 7 atom stereocenters. The van der Waals surface area contributed by atoms with Crippen molar-refractivity contribution in [1.29, 1.82) is 0 Å². The van der Waals surface area contributed by atoms with Crippen LogP contribution in [0.2, 0.25) is 0 Å². The average Bonchev–Trinajstić information content (AvgIpc) is 3.35. The molecule has 3 fully saturated rings. The van der Waals surface area contributed by atoms with E-state index in [1.54, 1.807) is 14.0 Å². The van der Waals surface area contributed by atoms with Gasteiger partial charge in [-0.25, -0.2) is 4.79 Å². The van der Waals surface area contributed by atoms with Crippen LogP contribution in [0.4, 0.5) is 4.79 Å². The summed E-state index contributed by atoms with van der Waals surface area (Å²) >= 11 is 0. The normalized spacial score (nSPS) is 29.0. The first-order valence-corrected chi connectivity index (χ1v) is 14.4. The first-order chi connectivity index (χ1) is 20.4. The van der Waals surface area contributed by atoms with Crippen molar-refractivity contribution in [3.05, 3.63) is 102 Å². The van der Waals surface area contributed by atoms with Crippen molar-refractivity contribution < 1.29 is 34.0 Å². The van der Waals surface area contributed by atoms with Crippen LogP contribution < -0.4 is 10.1 Å². The summed E-state index contributed by atoms with van der Waals surface area (Å²) in [6, 6.07) is 26.4. The number of imide groups is 1. The second kappa shape index (κ2) is 11.5. The Morgan fingerprint density at radius 2 is 1.55 bits per heavy atom. The van der Waals surface area contributed by atoms with E-state index in [0.717, 1.165) is 16.7 Å². The van der Waals surface area contributed by atoms with Gasteiger partial charge in [-0.1, -0.05) is 79.7 Å². The maximum atomic E-state index is 13.0. The Morgan fingerprint density at radius 1 is 0.952 bits per heavy atom. The van der Waals surface area contributed by atoms with Crippen LogP contribution in [0.25, 0.3) is 0 Å². The topological polar surface area (TPSA) is 118 Å². The van der Waals surface area contributed by atoms with E-state index in [4.69, 9.17) is 14.2 Å². The van der Waals surface area contributed by atoms with Crippen molar-refractivity contribution in [2.45, 2.75) is 43.4 Å². The van der Waals surface area contributed by atoms with Gasteiger partial charge in [-0.05, 0) is 35.2 Å². The number of rotatable bonds is 8. The van der Waals surface area contributed by atoms with E-state index < -0.39 is 47.9 Å². The highest BCUT2D eigenvalue weighted by Gasteiger charge is 2.58. The number of benzene rings is 3. The van der Waals surface area contributed by atoms with Crippen molar-refractivity contribution >= 4 is 11.9 Å². The number of nitrogens with zero attached hydrogens (tertiary/aromatic N) is 1. The number of hydrogen-bond donors (Lipinski definition) is 3. The minimum absolute atomic E-state index is 0.0163. The molecule has 3 amide bonds. The van der Waals surface area contributed by atoms with Crippen LogP contribution in [0.5, 0.6) is 5.75 Å². The summed E-state index contributed by atoms with van der Waals surface area (Å²) in [5.74, 6) is -0.974. The van der Waals surface area contributed by atoms with Gasteiger partial charge < -0.3 is 24.4 Å². The minimum atomic E-state index is -1.05. The lowest BCUT2D eigenvalue weighted by molar-refractivity contribution is -0.151. The quantitative estimate of drug-likeness (QED) is 0.355. The maximum Gasteiger partial charge on any atom is 0.326 e. The third-order valence-electron chi connectivity index (χ3n) is 9.10. The van der Waals surface area contributed by atoms with E-state index in [1.807, 2.05) is 84.9 Å². The van der Waals surface area contributed by atoms with Crippen molar-refractivity contribution in [2.75, 3.05) is 20.3 Å². The van der Waals surface area contributed by atoms with Gasteiger partial charge in [0.15, 0.2) is 0 Å². The fraction of sp³-hybridized carbons (Fsp3) is 0.394. The van der Waals surface area contributed by atoms with Crippen LogP contribution in [-0.2, 0) is 19.9 Å². The lowest BCUT2D eigenvalue weighted by Crippen LogP contribution is -2.68. The van der Waals surface area contributed by atoms with Gasteiger partial charge in [0.25, 0.3) is 0 Å². The van der Waals surface area contributed by atoms with Crippen molar-refractivity contribution in [3.8, 4) is 5.75 Å². The Labute approximate surface area is 245 Å². The molecule has 0 aromatic heterocycles. The highest BCUT2D eigenvalue weighted by molar-refractivity contribution is 5.98. The van der Waals surface area contributed by atoms with Crippen LogP contribution in [0.1, 0.15) is 30.0 Å². The third-order valence-corrected chi connectivity index (χ3v) is 9.10. The molecular weight excluding hydrogens is 536 g/mol. The lowest BCUT2D eigenvalue weighted by atomic mass is 9.75. The van der Waals surface area contributed by atoms with Crippen LogP contribution in [-0.4, -0.2) is 71.9 Å². The van der Waals surface area contributed by atoms with Gasteiger partial charge in [0.05, 0.1) is 31.8 Å². The van der Waals surface area contributed by atoms with Crippen LogP contribution in [0.15, 0.2) is 84.9 Å². The number of urea groups is 1. The van der Waals surface area contributed by atoms with Crippen molar-refractivity contribution in [1.82, 2.24) is 10.2 Å². The highest BCUT2D eigenvalue weighted by atomic mass is 16.6. The fourth-order valence-corrected chi connectivity index (χ4v) is 7.01. The molecule has 0 radical (unpaired) electrons. The molecule has 0 spiro atoms. The molecule has 220 valence electrons. The molecule has 0 bridgehead atoms. The van der Waals surface area contributed by atoms with Gasteiger partial charge in [-0.2, -0.15) is 0 Å². The largest absolute Gasteiger partial charge is 0.497 e. The van der Waals surface area contributed by atoms with E-state index in [1.165, 1.54) is 4.90 Å². The number of methoxy groups -OCH3 is 1. The molecule has 0 unspecified atom stereocenters. The van der Waals surface area contributed by atoms with Crippen LogP contribution >= 0.6 is 0 Å². The molecule has 42 heavy (non-hydrogen) atoms. The average molecular weight is 573 g/mol. The maximum absolute atomic E-state index is 13.0. The molecule has 0 aliphatic carbocycles. The number of nitrogens with one attached hydrogen (secondary N) is 1. The summed E-state index contributed by atoms with van der Waals surface area (Å²) in [4.78, 5) is 27.0. The Bertz CT molecular complexity index is 1360. The Kier molecular flexibility index (Phi) is 7.76. The zero-order valence-corrected chi connectivity index (χ0v) is 23.6. The van der Waals surface area contributed by atoms with Crippen LogP contribution in [0.3, 0.4) is 0 Å². The summed E-state index contributed by atoms with van der Waals surface area (Å²) in [7, 11) is 1.62. The number of ether oxygens (including phenoxy) is 3. The molecule has 3 aliphatic heterocycles. The zero-order chi connectivity index (χ0) is 29.4. The second-order valence-corrected chi connectivity index (χ2v) is 11.3. The molecule has 3 heterocycles. The number of amides is 3. The summed E-state index contributed by atoms with van der Waals surface area (Å²) < 4.78 is 18.8. The van der Waals surface area contributed by atoms with E-state index in [9.17, 15) is 19.8 Å². The second-order valence-electron chi connectivity index (χ2n) is 11.3. The molecule has 3 aromatic rings. The van der Waals surface area contributed by atoms with Gasteiger partial charge in [-0.15, -0.1) is 0 Å². The molecular formula is C33H36N2O7. The van der Waals surface area contributed by atoms with Gasteiger partial charge >= 0.3 is 6.03 Å². The summed E-state index contributed by atoms with van der Waals surface area (Å²) in [5.41, 5.74) is 1.61. The number of aliphatic hydroxyl groups is 2. The first kappa shape index (κ1) is 28.4. The molecule has 0 saturated carbocycles. The van der Waals surface area contributed by atoms with E-state index >= 15 is 0 Å². The third kappa shape index (κ3) is 4.66. The Hall–Kier alpha value is -3.76. The number of aliphatic hydroxyl groups excluding tert-OH is 2. The predicted octanol–water partition coefficient (Wildman–Crippen LogP) is 3.27. The Balaban J connectivity index is 1.36. The highest BCUT2D eigenvalue weighted by Crippen LogP contribution is 2.46. The lowest BCUT2D eigenvalue weighted by Gasteiger charge is -2.50. The zero-order valence-electron chi connectivity index (χ0n) is 23.6. The van der Waals surface area contributed by atoms with Gasteiger partial charge in [-0.3, -0.25) is 15.0 Å². The van der Waals surface area contributed by atoms with Gasteiger partial charge in [0.2, 0.25) is 5.91 Å². The van der Waals surface area contributed by atoms with E-state index in [2.05, 4.69) is 5.32 Å². The number of hydrogen-bond acceptors (Lipinski definition) is 7. The smallest absolute Gasteiger partial charge is 0.326 e. The van der Waals surface area contributed by atoms with Crippen molar-refractivity contribution in [2.24, 2.45) is 17.8 Å². The predicted molar refractivity (Wildman–Crippen MR) is 153 cm³/mol. The summed E-state index contributed by atoms with van der Waals surface area (Å²) in [6.45, 7) is 1.56. The minimum Gasteiger partial charge on any atom is -0.497 e. The monoisotopic (exact) mass is 572 g/mol. The molecule has 6 rings (SSSR count). The molecule has 3 aromatic carbocycles. The molecule has 3 aliphatic rings. The summed E-state index contributed by atoms with van der Waals surface area (Å²) in [5, 5.41) is 24.1. The SMILES string of the molecule is COc1ccc(C(OC[C@H]2O[C@@H]3[C@@H](C[C@H](CO)[C@H]4[C@@H](C)C(=O)NC(=O)N43)[C@H]2O)(c2ccccc2)c2ccccc2)cc1. The molecule has 9 nitrogen and oxygen atoms in total. The number of carbonyl (C=O) groups is 2. The van der Waals surface area contributed by atoms with Crippen molar-refractivity contribution in [3.63, 3.8) is 0 Å². The standard InChI is InChI=1S/C33H36N2O7/c1-20-28-21(18-36)17-26-29(37)27(42-31(26)35(28)32(39)34-30(20)38)19-41-33(22-9-5-3-6-10-22,23-11-7-4-8-12-23)24-13-15-25(40-2)16-14-24/h3-16,20-21,26-29,31,36-37H,17-19H2,1-2H3,(H,34,38,39)/t20-,21-,26+,27-,28-,29-,31-/m1/s1. The first-order valence-electron chi connectivity index (χ1n) is 14.4. The van der Waals surface area contributed by atoms with E-state index in [-0.39, 0.29) is 25.0 Å². The Morgan fingerprint density at radius 3 is 2.12 bits per heavy atom. The van der Waals surface area contributed by atoms with Crippen LogP contribution in [0, 0.1) is 17.8 Å². The van der Waals surface area contributed by atoms with Gasteiger partial charge in [0.1, 0.15) is 23.7 Å². The van der Waals surface area contributed by atoms with Gasteiger partial charge in [0, 0.05) is 18.4 Å².